The largest absolute Gasteiger partial charge is 0.478 e. The molecule has 0 bridgehead atoms. The van der Waals surface area contributed by atoms with Crippen LogP contribution in [0.3, 0.4) is 0 Å². The van der Waals surface area contributed by atoms with E-state index in [0.29, 0.717) is 11.3 Å². The minimum Gasteiger partial charge on any atom is -0.478 e. The third-order valence-corrected chi connectivity index (χ3v) is 3.38. The summed E-state index contributed by atoms with van der Waals surface area (Å²) in [6.07, 6.45) is 0.0357. The van der Waals surface area contributed by atoms with Crippen molar-refractivity contribution in [3.8, 4) is 0 Å². The second-order valence-corrected chi connectivity index (χ2v) is 5.44. The van der Waals surface area contributed by atoms with Gasteiger partial charge in [-0.25, -0.2) is 4.79 Å². The van der Waals surface area contributed by atoms with E-state index in [2.05, 4.69) is 27.9 Å². The molecule has 0 aromatic heterocycles. The molecule has 0 heterocycles. The molecule has 5 heteroatoms. The molecular formula is C15H12INO3. The monoisotopic (exact) mass is 381 g/mol. The standard InChI is InChI=1S/C15H12INO3/c16-11-5-3-6-12(9-11)17-14(18)8-10-4-1-2-7-13(10)15(19)20/h1-7,9H,8H2,(H,17,18)(H,19,20). The zero-order chi connectivity index (χ0) is 14.5. The number of halogens is 1. The van der Waals surface area contributed by atoms with Gasteiger partial charge in [0.05, 0.1) is 12.0 Å². The summed E-state index contributed by atoms with van der Waals surface area (Å²) in [6, 6.07) is 13.9. The number of hydrogen-bond acceptors (Lipinski definition) is 2. The highest BCUT2D eigenvalue weighted by Crippen LogP contribution is 2.14. The summed E-state index contributed by atoms with van der Waals surface area (Å²) in [5, 5.41) is 11.8. The minimum absolute atomic E-state index is 0.0357. The Balaban J connectivity index is 2.11. The van der Waals surface area contributed by atoms with Gasteiger partial charge >= 0.3 is 5.97 Å². The Kier molecular flexibility index (Phi) is 4.73. The maximum atomic E-state index is 12.0. The zero-order valence-electron chi connectivity index (χ0n) is 10.5. The van der Waals surface area contributed by atoms with E-state index in [1.54, 1.807) is 24.3 Å². The number of hydrogen-bond donors (Lipinski definition) is 2. The summed E-state index contributed by atoms with van der Waals surface area (Å²) in [4.78, 5) is 23.0. The molecule has 1 amide bonds. The lowest BCUT2D eigenvalue weighted by atomic mass is 10.0. The molecule has 0 atom stereocenters. The van der Waals surface area contributed by atoms with Gasteiger partial charge in [0.2, 0.25) is 5.91 Å². The Hall–Kier alpha value is -1.89. The number of benzene rings is 2. The Morgan fingerprint density at radius 2 is 1.85 bits per heavy atom. The van der Waals surface area contributed by atoms with E-state index in [1.165, 1.54) is 6.07 Å². The molecule has 0 saturated carbocycles. The highest BCUT2D eigenvalue weighted by atomic mass is 127. The number of anilines is 1. The van der Waals surface area contributed by atoms with Gasteiger partial charge in [0, 0.05) is 9.26 Å². The van der Waals surface area contributed by atoms with Gasteiger partial charge in [0.1, 0.15) is 0 Å². The van der Waals surface area contributed by atoms with Crippen LogP contribution in [0.25, 0.3) is 0 Å². The smallest absolute Gasteiger partial charge is 0.335 e. The van der Waals surface area contributed by atoms with E-state index < -0.39 is 5.97 Å². The fourth-order valence-electron chi connectivity index (χ4n) is 1.83. The molecule has 0 aliphatic heterocycles. The summed E-state index contributed by atoms with van der Waals surface area (Å²) < 4.78 is 1.02. The minimum atomic E-state index is -1.03. The normalized spacial score (nSPS) is 10.1. The molecule has 20 heavy (non-hydrogen) atoms. The number of carboxylic acids is 1. The third-order valence-electron chi connectivity index (χ3n) is 2.71. The van der Waals surface area contributed by atoms with Crippen LogP contribution in [-0.4, -0.2) is 17.0 Å². The number of aromatic carboxylic acids is 1. The van der Waals surface area contributed by atoms with Crippen molar-refractivity contribution in [3.63, 3.8) is 0 Å². The summed E-state index contributed by atoms with van der Waals surface area (Å²) in [5.74, 6) is -1.26. The van der Waals surface area contributed by atoms with Crippen molar-refractivity contribution < 1.29 is 14.7 Å². The van der Waals surface area contributed by atoms with Crippen molar-refractivity contribution in [2.24, 2.45) is 0 Å². The van der Waals surface area contributed by atoms with Crippen LogP contribution in [0.5, 0.6) is 0 Å². The molecule has 2 aromatic rings. The number of amides is 1. The van der Waals surface area contributed by atoms with E-state index in [-0.39, 0.29) is 17.9 Å². The first kappa shape index (κ1) is 14.5. The lowest BCUT2D eigenvalue weighted by Crippen LogP contribution is -2.16. The molecule has 0 saturated heterocycles. The number of rotatable bonds is 4. The fourth-order valence-corrected chi connectivity index (χ4v) is 2.37. The van der Waals surface area contributed by atoms with Crippen LogP contribution in [0.1, 0.15) is 15.9 Å². The van der Waals surface area contributed by atoms with E-state index in [1.807, 2.05) is 18.2 Å². The molecule has 0 radical (unpaired) electrons. The van der Waals surface area contributed by atoms with Crippen molar-refractivity contribution in [1.29, 1.82) is 0 Å². The summed E-state index contributed by atoms with van der Waals surface area (Å²) in [7, 11) is 0. The first-order chi connectivity index (χ1) is 9.56. The van der Waals surface area contributed by atoms with Gasteiger partial charge in [-0.2, -0.15) is 0 Å². The second kappa shape index (κ2) is 6.51. The van der Waals surface area contributed by atoms with Crippen LogP contribution in [0.15, 0.2) is 48.5 Å². The second-order valence-electron chi connectivity index (χ2n) is 4.20. The van der Waals surface area contributed by atoms with Crippen molar-refractivity contribution >= 4 is 40.2 Å². The van der Waals surface area contributed by atoms with Gasteiger partial charge in [-0.1, -0.05) is 24.3 Å². The maximum absolute atomic E-state index is 12.0. The molecule has 0 aliphatic rings. The summed E-state index contributed by atoms with van der Waals surface area (Å²) >= 11 is 2.16. The molecule has 2 rings (SSSR count). The van der Waals surface area contributed by atoms with Crippen LogP contribution in [0.2, 0.25) is 0 Å². The quantitative estimate of drug-likeness (QED) is 0.800. The first-order valence-corrected chi connectivity index (χ1v) is 7.01. The molecule has 0 spiro atoms. The van der Waals surface area contributed by atoms with Crippen LogP contribution >= 0.6 is 22.6 Å². The Bertz CT molecular complexity index is 655. The Morgan fingerprint density at radius 1 is 1.10 bits per heavy atom. The molecule has 0 unspecified atom stereocenters. The fraction of sp³-hybridized carbons (Fsp3) is 0.0667. The summed E-state index contributed by atoms with van der Waals surface area (Å²) in [5.41, 5.74) is 1.36. The molecule has 2 aromatic carbocycles. The van der Waals surface area contributed by atoms with Gasteiger partial charge in [-0.05, 0) is 52.4 Å². The zero-order valence-corrected chi connectivity index (χ0v) is 12.6. The average Bonchev–Trinajstić information content (AvgIpc) is 2.38. The first-order valence-electron chi connectivity index (χ1n) is 5.93. The number of carboxylic acid groups (broad SMARTS) is 1. The average molecular weight is 381 g/mol. The predicted octanol–water partition coefficient (Wildman–Crippen LogP) is 3.17. The highest BCUT2D eigenvalue weighted by Gasteiger charge is 2.12. The summed E-state index contributed by atoms with van der Waals surface area (Å²) in [6.45, 7) is 0. The topological polar surface area (TPSA) is 66.4 Å². The van der Waals surface area contributed by atoms with Gasteiger partial charge in [0.25, 0.3) is 0 Å². The van der Waals surface area contributed by atoms with Crippen LogP contribution in [0, 0.1) is 3.57 Å². The van der Waals surface area contributed by atoms with E-state index >= 15 is 0 Å². The lowest BCUT2D eigenvalue weighted by molar-refractivity contribution is -0.115. The highest BCUT2D eigenvalue weighted by molar-refractivity contribution is 14.1. The lowest BCUT2D eigenvalue weighted by Gasteiger charge is -2.07. The van der Waals surface area contributed by atoms with Crippen molar-refractivity contribution in [2.45, 2.75) is 6.42 Å². The van der Waals surface area contributed by atoms with Crippen LogP contribution < -0.4 is 5.32 Å². The number of nitrogens with one attached hydrogen (secondary N) is 1. The third kappa shape index (κ3) is 3.80. The van der Waals surface area contributed by atoms with Crippen molar-refractivity contribution in [2.75, 3.05) is 5.32 Å². The number of carbonyl (C=O) groups is 2. The predicted molar refractivity (Wildman–Crippen MR) is 84.9 cm³/mol. The van der Waals surface area contributed by atoms with E-state index in [0.717, 1.165) is 3.57 Å². The Morgan fingerprint density at radius 3 is 2.55 bits per heavy atom. The van der Waals surface area contributed by atoms with Gasteiger partial charge in [-0.15, -0.1) is 0 Å². The van der Waals surface area contributed by atoms with E-state index in [4.69, 9.17) is 5.11 Å². The Labute approximate surface area is 130 Å². The SMILES string of the molecule is O=C(Cc1ccccc1C(=O)O)Nc1cccc(I)c1. The van der Waals surface area contributed by atoms with Gasteiger partial charge < -0.3 is 10.4 Å². The molecule has 0 aliphatic carbocycles. The molecule has 2 N–H and O–H groups in total. The maximum Gasteiger partial charge on any atom is 0.335 e. The van der Waals surface area contributed by atoms with Crippen molar-refractivity contribution in [1.82, 2.24) is 0 Å². The molecule has 4 nitrogen and oxygen atoms in total. The van der Waals surface area contributed by atoms with Gasteiger partial charge in [0.15, 0.2) is 0 Å². The van der Waals surface area contributed by atoms with Crippen molar-refractivity contribution in [3.05, 3.63) is 63.2 Å². The van der Waals surface area contributed by atoms with Gasteiger partial charge in [-0.3, -0.25) is 4.79 Å². The van der Waals surface area contributed by atoms with E-state index in [9.17, 15) is 9.59 Å². The molecular weight excluding hydrogens is 369 g/mol. The van der Waals surface area contributed by atoms with Crippen LogP contribution in [-0.2, 0) is 11.2 Å². The molecule has 0 fully saturated rings. The molecule has 102 valence electrons. The number of carbonyl (C=O) groups excluding carboxylic acids is 1. The van der Waals surface area contributed by atoms with Crippen LogP contribution in [0.4, 0.5) is 5.69 Å².